The molecule has 106 valence electrons. The van der Waals surface area contributed by atoms with E-state index in [9.17, 15) is 9.18 Å². The molecule has 1 saturated carbocycles. The molecular weight excluding hydrogens is 255 g/mol. The van der Waals surface area contributed by atoms with E-state index < -0.39 is 0 Å². The Balaban J connectivity index is 1.83. The van der Waals surface area contributed by atoms with Crippen molar-refractivity contribution in [3.8, 4) is 0 Å². The number of rotatable bonds is 3. The molecule has 0 atom stereocenters. The average Bonchev–Trinajstić information content (AvgIpc) is 3.03. The molecule has 0 spiro atoms. The molecule has 1 fully saturated rings. The van der Waals surface area contributed by atoms with Gasteiger partial charge in [0.25, 0.3) is 0 Å². The van der Waals surface area contributed by atoms with Crippen molar-refractivity contribution < 1.29 is 9.18 Å². The van der Waals surface area contributed by atoms with E-state index in [1.165, 1.54) is 0 Å². The molecule has 0 aliphatic heterocycles. The van der Waals surface area contributed by atoms with E-state index in [0.717, 1.165) is 29.5 Å². The first-order chi connectivity index (χ1) is 9.40. The minimum Gasteiger partial charge on any atom is -0.355 e. The quantitative estimate of drug-likeness (QED) is 0.886. The van der Waals surface area contributed by atoms with Gasteiger partial charge in [-0.3, -0.25) is 4.79 Å². The van der Waals surface area contributed by atoms with Gasteiger partial charge in [0, 0.05) is 16.5 Å². The highest BCUT2D eigenvalue weighted by atomic mass is 19.1. The lowest BCUT2D eigenvalue weighted by Gasteiger charge is -2.08. The van der Waals surface area contributed by atoms with Crippen molar-refractivity contribution in [3.63, 3.8) is 0 Å². The first kappa shape index (κ1) is 13.2. The van der Waals surface area contributed by atoms with Crippen molar-refractivity contribution >= 4 is 16.8 Å². The Morgan fingerprint density at radius 2 is 2.10 bits per heavy atom. The number of aromatic nitrogens is 1. The summed E-state index contributed by atoms with van der Waals surface area (Å²) in [6, 6.07) is 3.87. The third kappa shape index (κ3) is 2.09. The zero-order valence-corrected chi connectivity index (χ0v) is 12.1. The molecule has 3 rings (SSSR count). The molecule has 1 heterocycles. The molecule has 1 aromatic carbocycles. The minimum absolute atomic E-state index is 0.0870. The van der Waals surface area contributed by atoms with Gasteiger partial charge in [-0.2, -0.15) is 0 Å². The second-order valence-electron chi connectivity index (χ2n) is 6.13. The number of carbonyl (C=O) groups is 1. The fourth-order valence-corrected chi connectivity index (χ4v) is 2.42. The first-order valence-electron chi connectivity index (χ1n) is 6.96. The van der Waals surface area contributed by atoms with Crippen molar-refractivity contribution in [2.75, 3.05) is 0 Å². The second-order valence-corrected chi connectivity index (χ2v) is 6.13. The molecule has 20 heavy (non-hydrogen) atoms. The standard InChI is InChI=1S/C16H19FN2O/c1-9-6-11-7-12(19-14(11)13(17)10(9)2)8-18-15(20)16(3)4-5-16/h6-7,19H,4-5,8H2,1-3H3,(H,18,20). The Kier molecular flexibility index (Phi) is 2.85. The van der Waals surface area contributed by atoms with E-state index in [1.54, 1.807) is 6.92 Å². The highest BCUT2D eigenvalue weighted by Crippen LogP contribution is 2.45. The molecule has 0 unspecified atom stereocenters. The monoisotopic (exact) mass is 274 g/mol. The maximum Gasteiger partial charge on any atom is 0.226 e. The molecule has 2 N–H and O–H groups in total. The van der Waals surface area contributed by atoms with E-state index in [4.69, 9.17) is 0 Å². The first-order valence-corrected chi connectivity index (χ1v) is 6.96. The summed E-state index contributed by atoms with van der Waals surface area (Å²) in [5.74, 6) is -0.115. The van der Waals surface area contributed by atoms with E-state index in [1.807, 2.05) is 26.0 Å². The van der Waals surface area contributed by atoms with E-state index >= 15 is 0 Å². The van der Waals surface area contributed by atoms with Crippen LogP contribution in [0.4, 0.5) is 4.39 Å². The second kappa shape index (κ2) is 4.33. The highest BCUT2D eigenvalue weighted by Gasteiger charge is 2.44. The normalized spacial score (nSPS) is 16.4. The SMILES string of the molecule is Cc1cc2cc(CNC(=O)C3(C)CC3)[nH]c2c(F)c1C. The highest BCUT2D eigenvalue weighted by molar-refractivity contribution is 5.85. The van der Waals surface area contributed by atoms with Crippen LogP contribution in [0.5, 0.6) is 0 Å². The predicted octanol–water partition coefficient (Wildman–Crippen LogP) is 3.34. The van der Waals surface area contributed by atoms with Gasteiger partial charge in [-0.15, -0.1) is 0 Å². The number of hydrogen-bond acceptors (Lipinski definition) is 1. The molecule has 1 aliphatic carbocycles. The number of H-pyrrole nitrogens is 1. The number of benzene rings is 1. The van der Waals surface area contributed by atoms with Gasteiger partial charge in [-0.05, 0) is 49.9 Å². The van der Waals surface area contributed by atoms with Crippen LogP contribution in [0.1, 0.15) is 36.6 Å². The van der Waals surface area contributed by atoms with Crippen LogP contribution in [0.25, 0.3) is 10.9 Å². The lowest BCUT2D eigenvalue weighted by Crippen LogP contribution is -2.29. The average molecular weight is 274 g/mol. The molecule has 1 aromatic heterocycles. The molecule has 0 saturated heterocycles. The van der Waals surface area contributed by atoms with Gasteiger partial charge >= 0.3 is 0 Å². The Bertz CT molecular complexity index is 698. The number of aryl methyl sites for hydroxylation is 1. The van der Waals surface area contributed by atoms with E-state index in [0.29, 0.717) is 17.6 Å². The number of aromatic amines is 1. The summed E-state index contributed by atoms with van der Waals surface area (Å²) in [5, 5.41) is 3.77. The van der Waals surface area contributed by atoms with Crippen LogP contribution in [0.3, 0.4) is 0 Å². The third-order valence-corrected chi connectivity index (χ3v) is 4.40. The Hall–Kier alpha value is -1.84. The Morgan fingerprint density at radius 3 is 2.75 bits per heavy atom. The number of halogens is 1. The summed E-state index contributed by atoms with van der Waals surface area (Å²) >= 11 is 0. The van der Waals surface area contributed by atoms with Gasteiger partial charge in [0.05, 0.1) is 12.1 Å². The van der Waals surface area contributed by atoms with Crippen molar-refractivity contribution in [1.82, 2.24) is 10.3 Å². The molecule has 4 heteroatoms. The van der Waals surface area contributed by atoms with Gasteiger partial charge < -0.3 is 10.3 Å². The largest absolute Gasteiger partial charge is 0.355 e. The van der Waals surface area contributed by atoms with Crippen molar-refractivity contribution in [1.29, 1.82) is 0 Å². The van der Waals surface area contributed by atoms with Crippen LogP contribution in [0.15, 0.2) is 12.1 Å². The van der Waals surface area contributed by atoms with Crippen LogP contribution in [0.2, 0.25) is 0 Å². The maximum atomic E-state index is 14.2. The van der Waals surface area contributed by atoms with E-state index in [2.05, 4.69) is 10.3 Å². The fourth-order valence-electron chi connectivity index (χ4n) is 2.42. The Labute approximate surface area is 117 Å². The maximum absolute atomic E-state index is 14.2. The van der Waals surface area contributed by atoms with Crippen molar-refractivity contribution in [3.05, 3.63) is 34.8 Å². The summed E-state index contributed by atoms with van der Waals surface area (Å²) in [5.41, 5.74) is 2.79. The third-order valence-electron chi connectivity index (χ3n) is 4.40. The molecule has 3 nitrogen and oxygen atoms in total. The zero-order valence-electron chi connectivity index (χ0n) is 12.1. The number of fused-ring (bicyclic) bond motifs is 1. The lowest BCUT2D eigenvalue weighted by atomic mass is 10.1. The van der Waals surface area contributed by atoms with Gasteiger partial charge in [-0.1, -0.05) is 6.92 Å². The number of carbonyl (C=O) groups excluding carboxylic acids is 1. The summed E-state index contributed by atoms with van der Waals surface area (Å²) in [7, 11) is 0. The zero-order chi connectivity index (χ0) is 14.5. The van der Waals surface area contributed by atoms with Crippen LogP contribution in [-0.2, 0) is 11.3 Å². The Morgan fingerprint density at radius 1 is 1.40 bits per heavy atom. The van der Waals surface area contributed by atoms with Gasteiger partial charge in [0.15, 0.2) is 0 Å². The van der Waals surface area contributed by atoms with Crippen molar-refractivity contribution in [2.24, 2.45) is 5.41 Å². The minimum atomic E-state index is -0.202. The molecular formula is C16H19FN2O. The smallest absolute Gasteiger partial charge is 0.226 e. The number of amides is 1. The number of hydrogen-bond donors (Lipinski definition) is 2. The topological polar surface area (TPSA) is 44.9 Å². The predicted molar refractivity (Wildman–Crippen MR) is 76.9 cm³/mol. The molecule has 0 radical (unpaired) electrons. The van der Waals surface area contributed by atoms with Crippen LogP contribution < -0.4 is 5.32 Å². The summed E-state index contributed by atoms with van der Waals surface area (Å²) < 4.78 is 14.2. The van der Waals surface area contributed by atoms with Crippen LogP contribution >= 0.6 is 0 Å². The van der Waals surface area contributed by atoms with E-state index in [-0.39, 0.29) is 17.1 Å². The lowest BCUT2D eigenvalue weighted by molar-refractivity contribution is -0.125. The number of nitrogens with one attached hydrogen (secondary N) is 2. The fraction of sp³-hybridized carbons (Fsp3) is 0.438. The molecule has 1 aliphatic rings. The molecule has 2 aromatic rings. The van der Waals surface area contributed by atoms with Crippen LogP contribution in [0, 0.1) is 25.1 Å². The van der Waals surface area contributed by atoms with Crippen LogP contribution in [-0.4, -0.2) is 10.9 Å². The summed E-state index contributed by atoms with van der Waals surface area (Å²) in [6.45, 7) is 6.07. The summed E-state index contributed by atoms with van der Waals surface area (Å²) in [6.07, 6.45) is 1.91. The van der Waals surface area contributed by atoms with Crippen molar-refractivity contribution in [2.45, 2.75) is 40.2 Å². The molecule has 1 amide bonds. The summed E-state index contributed by atoms with van der Waals surface area (Å²) in [4.78, 5) is 15.0. The van der Waals surface area contributed by atoms with Gasteiger partial charge in [0.2, 0.25) is 5.91 Å². The van der Waals surface area contributed by atoms with Gasteiger partial charge in [-0.25, -0.2) is 4.39 Å². The molecule has 0 bridgehead atoms. The van der Waals surface area contributed by atoms with Gasteiger partial charge in [0.1, 0.15) is 5.82 Å².